The van der Waals surface area contributed by atoms with Crippen LogP contribution in [0, 0.1) is 18.8 Å². The van der Waals surface area contributed by atoms with Crippen LogP contribution in [-0.2, 0) is 22.7 Å². The predicted octanol–water partition coefficient (Wildman–Crippen LogP) is 5.36. The Balaban J connectivity index is 1.88. The fraction of sp³-hybridized carbons (Fsp3) is 0.640. The smallest absolute Gasteiger partial charge is 0.400 e. The van der Waals surface area contributed by atoms with Gasteiger partial charge in [0, 0.05) is 25.4 Å². The van der Waals surface area contributed by atoms with Gasteiger partial charge in [0.05, 0.1) is 10.9 Å². The third-order valence-corrected chi connectivity index (χ3v) is 8.89. The van der Waals surface area contributed by atoms with Crippen molar-refractivity contribution in [2.24, 2.45) is 11.8 Å². The Morgan fingerprint density at radius 1 is 1.12 bits per heavy atom. The number of rotatable bonds is 10. The first kappa shape index (κ1) is 33.5. The highest BCUT2D eigenvalue weighted by atomic mass is 32.2. The molecule has 42 heavy (non-hydrogen) atoms. The highest BCUT2D eigenvalue weighted by Crippen LogP contribution is 2.42. The molecule has 1 aliphatic carbocycles. The molecule has 0 atom stereocenters. The molecule has 17 heteroatoms. The number of halogens is 8. The van der Waals surface area contributed by atoms with Crippen LogP contribution in [0.4, 0.5) is 35.1 Å². The van der Waals surface area contributed by atoms with Gasteiger partial charge in [-0.1, -0.05) is 6.92 Å². The molecule has 2 heterocycles. The van der Waals surface area contributed by atoms with Gasteiger partial charge in [-0.15, -0.1) is 0 Å². The lowest BCUT2D eigenvalue weighted by molar-refractivity contribution is -0.283. The first-order valence-corrected chi connectivity index (χ1v) is 14.9. The van der Waals surface area contributed by atoms with Crippen molar-refractivity contribution in [1.29, 1.82) is 0 Å². The predicted molar refractivity (Wildman–Crippen MR) is 134 cm³/mol. The minimum atomic E-state index is -5.65. The maximum absolute atomic E-state index is 13.2. The van der Waals surface area contributed by atoms with Gasteiger partial charge in [0.25, 0.3) is 5.91 Å². The summed E-state index contributed by atoms with van der Waals surface area (Å²) in [6.45, 7) is -0.213. The lowest BCUT2D eigenvalue weighted by atomic mass is 9.89. The van der Waals surface area contributed by atoms with E-state index in [0.717, 1.165) is 0 Å². The molecule has 1 N–H and O–H groups in total. The molecule has 8 nitrogen and oxygen atoms in total. The number of nitrogens with zero attached hydrogens (tertiary/aromatic N) is 3. The molecular weight excluding hydrogens is 604 g/mol. The van der Waals surface area contributed by atoms with E-state index in [0.29, 0.717) is 37.9 Å². The highest BCUT2D eigenvalue weighted by molar-refractivity contribution is 7.91. The average Bonchev–Trinajstić information content (AvgIpc) is 3.20. The number of amides is 1. The fourth-order valence-corrected chi connectivity index (χ4v) is 6.10. The Kier molecular flexibility index (Phi) is 10.1. The second-order valence-electron chi connectivity index (χ2n) is 10.2. The van der Waals surface area contributed by atoms with E-state index in [1.165, 1.54) is 17.7 Å². The summed E-state index contributed by atoms with van der Waals surface area (Å²) in [5.41, 5.74) is -0.624. The van der Waals surface area contributed by atoms with Crippen molar-refractivity contribution in [3.05, 3.63) is 35.0 Å². The molecule has 1 fully saturated rings. The van der Waals surface area contributed by atoms with Gasteiger partial charge in [-0.2, -0.15) is 35.1 Å². The zero-order valence-electron chi connectivity index (χ0n) is 22.8. The van der Waals surface area contributed by atoms with Gasteiger partial charge in [-0.05, 0) is 56.6 Å². The van der Waals surface area contributed by atoms with Crippen molar-refractivity contribution < 1.29 is 53.1 Å². The molecule has 3 rings (SSSR count). The van der Waals surface area contributed by atoms with Crippen molar-refractivity contribution in [2.75, 3.05) is 12.8 Å². The van der Waals surface area contributed by atoms with Gasteiger partial charge in [-0.3, -0.25) is 9.36 Å². The molecule has 0 bridgehead atoms. The number of imidazole rings is 1. The van der Waals surface area contributed by atoms with Gasteiger partial charge in [0.1, 0.15) is 21.4 Å². The first-order valence-electron chi connectivity index (χ1n) is 13.0. The molecule has 2 aromatic rings. The van der Waals surface area contributed by atoms with Crippen LogP contribution in [0.3, 0.4) is 0 Å². The lowest BCUT2D eigenvalue weighted by Gasteiger charge is -2.27. The summed E-state index contributed by atoms with van der Waals surface area (Å²) < 4.78 is 134. The molecule has 1 aliphatic rings. The molecule has 2 aromatic heterocycles. The third kappa shape index (κ3) is 8.10. The van der Waals surface area contributed by atoms with Crippen LogP contribution in [0.1, 0.15) is 60.2 Å². The van der Waals surface area contributed by atoms with Crippen molar-refractivity contribution >= 4 is 15.7 Å². The summed E-state index contributed by atoms with van der Waals surface area (Å²) in [5, 5.41) is 2.31. The lowest BCUT2D eigenvalue weighted by Crippen LogP contribution is -2.38. The molecule has 0 saturated heterocycles. The van der Waals surface area contributed by atoms with E-state index in [4.69, 9.17) is 0 Å². The minimum absolute atomic E-state index is 0.0254. The largest absolute Gasteiger partial charge is 0.431 e. The van der Waals surface area contributed by atoms with E-state index in [1.54, 1.807) is 6.92 Å². The Hall–Kier alpha value is -2.98. The standard InChI is InChI=1S/C25H30F8N4O4S/c1-4-19-36-20(22(38)35-11-14-5-7-16(8-6-14)42(3,39)40)13(2)37(19)21-17(41-23(26)27)9-15(12-34-21)10-18(24(28,29)30)25(31,32)33/h9,12,14,16,18,23H,4-8,10-11H2,1-3H3,(H,35,38)/t14-,16+. The van der Waals surface area contributed by atoms with Crippen molar-refractivity contribution in [3.63, 3.8) is 0 Å². The number of aryl methyl sites for hydroxylation is 1. The topological polar surface area (TPSA) is 103 Å². The second-order valence-corrected chi connectivity index (χ2v) is 12.5. The normalized spacial score (nSPS) is 18.5. The molecule has 236 valence electrons. The second kappa shape index (κ2) is 12.7. The zero-order chi connectivity index (χ0) is 31.6. The van der Waals surface area contributed by atoms with Crippen LogP contribution in [0.25, 0.3) is 5.82 Å². The SMILES string of the molecule is CCc1nc(C(=O)NC[C@H]2CC[C@@H](S(C)(=O)=O)CC2)c(C)n1-c1ncc(CC(C(F)(F)F)C(F)(F)F)cc1OC(F)F. The molecule has 0 aliphatic heterocycles. The number of hydrogen-bond acceptors (Lipinski definition) is 6. The Morgan fingerprint density at radius 2 is 1.71 bits per heavy atom. The number of nitrogens with one attached hydrogen (secondary N) is 1. The third-order valence-electron chi connectivity index (χ3n) is 7.21. The van der Waals surface area contributed by atoms with Crippen molar-refractivity contribution in [1.82, 2.24) is 19.9 Å². The summed E-state index contributed by atoms with van der Waals surface area (Å²) in [6, 6.07) is 0.629. The van der Waals surface area contributed by atoms with Crippen LogP contribution in [0.15, 0.2) is 12.3 Å². The molecular formula is C25H30F8N4O4S. The zero-order valence-corrected chi connectivity index (χ0v) is 23.6. The van der Waals surface area contributed by atoms with Gasteiger partial charge in [0.2, 0.25) is 0 Å². The van der Waals surface area contributed by atoms with Crippen molar-refractivity contribution in [2.45, 2.75) is 76.6 Å². The van der Waals surface area contributed by atoms with E-state index in [1.807, 2.05) is 0 Å². The Labute approximate surface area is 236 Å². The summed E-state index contributed by atoms with van der Waals surface area (Å²) in [6.07, 6.45) is -8.77. The van der Waals surface area contributed by atoms with E-state index in [-0.39, 0.29) is 36.1 Å². The number of ether oxygens (including phenoxy) is 1. The van der Waals surface area contributed by atoms with Gasteiger partial charge in [-0.25, -0.2) is 18.4 Å². The average molecular weight is 635 g/mol. The van der Waals surface area contributed by atoms with Crippen LogP contribution < -0.4 is 10.1 Å². The van der Waals surface area contributed by atoms with Crippen molar-refractivity contribution in [3.8, 4) is 11.6 Å². The number of carbonyl (C=O) groups is 1. The van der Waals surface area contributed by atoms with Crippen LogP contribution in [0.2, 0.25) is 0 Å². The van der Waals surface area contributed by atoms with Gasteiger partial charge < -0.3 is 10.1 Å². The molecule has 0 aromatic carbocycles. The fourth-order valence-electron chi connectivity index (χ4n) is 4.97. The number of aromatic nitrogens is 3. The summed E-state index contributed by atoms with van der Waals surface area (Å²) >= 11 is 0. The van der Waals surface area contributed by atoms with Gasteiger partial charge in [0.15, 0.2) is 17.5 Å². The maximum atomic E-state index is 13.2. The first-order chi connectivity index (χ1) is 19.3. The maximum Gasteiger partial charge on any atom is 0.400 e. The Bertz CT molecular complexity index is 1350. The molecule has 1 saturated carbocycles. The summed E-state index contributed by atoms with van der Waals surface area (Å²) in [5.74, 6) is -5.39. The van der Waals surface area contributed by atoms with E-state index in [9.17, 15) is 48.3 Å². The molecule has 0 unspecified atom stereocenters. The molecule has 0 radical (unpaired) electrons. The summed E-state index contributed by atoms with van der Waals surface area (Å²) in [7, 11) is -3.16. The molecule has 0 spiro atoms. The quantitative estimate of drug-likeness (QED) is 0.354. The highest BCUT2D eigenvalue weighted by Gasteiger charge is 2.56. The number of pyridine rings is 1. The van der Waals surface area contributed by atoms with E-state index >= 15 is 0 Å². The van der Waals surface area contributed by atoms with Crippen LogP contribution in [0.5, 0.6) is 5.75 Å². The monoisotopic (exact) mass is 634 g/mol. The summed E-state index contributed by atoms with van der Waals surface area (Å²) in [4.78, 5) is 21.1. The van der Waals surface area contributed by atoms with Gasteiger partial charge >= 0.3 is 19.0 Å². The van der Waals surface area contributed by atoms with Crippen LogP contribution in [-0.4, -0.2) is 65.9 Å². The molecule has 1 amide bonds. The number of hydrogen-bond donors (Lipinski definition) is 1. The van der Waals surface area contributed by atoms with E-state index in [2.05, 4.69) is 20.0 Å². The number of alkyl halides is 8. The Morgan fingerprint density at radius 3 is 2.21 bits per heavy atom. The number of sulfone groups is 1. The van der Waals surface area contributed by atoms with E-state index < -0.39 is 69.4 Å². The number of carbonyl (C=O) groups excluding carboxylic acids is 1. The minimum Gasteiger partial charge on any atom is -0.431 e. The van der Waals surface area contributed by atoms with Crippen LogP contribution >= 0.6 is 0 Å².